The summed E-state index contributed by atoms with van der Waals surface area (Å²) in [7, 11) is 0. The maximum atomic E-state index is 14.3. The van der Waals surface area contributed by atoms with Gasteiger partial charge in [0.25, 0.3) is 5.91 Å². The number of carboxylic acids is 1. The second-order valence-corrected chi connectivity index (χ2v) is 13.9. The number of carbonyl (C=O) groups is 3. The van der Waals surface area contributed by atoms with Crippen molar-refractivity contribution in [3.63, 3.8) is 0 Å². The molecule has 4 heterocycles. The first-order chi connectivity index (χ1) is 20.5. The first kappa shape index (κ1) is 30.0. The average Bonchev–Trinajstić information content (AvgIpc) is 3.76. The number of hydrogen-bond acceptors (Lipinski definition) is 6. The lowest BCUT2D eigenvalue weighted by molar-refractivity contribution is -0.151. The predicted octanol–water partition coefficient (Wildman–Crippen LogP) is 6.30. The van der Waals surface area contributed by atoms with Gasteiger partial charge in [-0.15, -0.1) is 0 Å². The van der Waals surface area contributed by atoms with Crippen LogP contribution in [0.3, 0.4) is 0 Å². The minimum Gasteiger partial charge on any atom is -0.480 e. The van der Waals surface area contributed by atoms with Gasteiger partial charge in [0.05, 0.1) is 6.04 Å². The molecule has 0 aliphatic carbocycles. The number of hydrogen-bond donors (Lipinski definition) is 1. The fraction of sp³-hybridized carbons (Fsp3) is 0.438. The first-order valence-electron chi connectivity index (χ1n) is 14.7. The second kappa shape index (κ2) is 11.5. The van der Waals surface area contributed by atoms with Gasteiger partial charge in [-0.1, -0.05) is 61.3 Å². The number of allylic oxidation sites excluding steroid dienone is 1. The van der Waals surface area contributed by atoms with Crippen LogP contribution < -0.4 is 0 Å². The molecule has 226 valence electrons. The lowest BCUT2D eigenvalue weighted by Crippen LogP contribution is -2.51. The third-order valence-corrected chi connectivity index (χ3v) is 10.5. The van der Waals surface area contributed by atoms with Crippen molar-refractivity contribution >= 4 is 57.9 Å². The van der Waals surface area contributed by atoms with E-state index in [0.29, 0.717) is 53.7 Å². The molecule has 4 atom stereocenters. The zero-order valence-electron chi connectivity index (χ0n) is 24.3. The molecule has 6 rings (SSSR count). The third-order valence-electron chi connectivity index (χ3n) is 8.99. The molecule has 2 saturated heterocycles. The van der Waals surface area contributed by atoms with Crippen molar-refractivity contribution in [3.8, 4) is 0 Å². The number of amidine groups is 1. The molecular weight excluding hydrogens is 607 g/mol. The number of halogens is 2. The van der Waals surface area contributed by atoms with Crippen molar-refractivity contribution in [2.45, 2.75) is 70.1 Å². The highest BCUT2D eigenvalue weighted by Crippen LogP contribution is 2.56. The molecule has 0 bridgehead atoms. The smallest absolute Gasteiger partial charge is 0.326 e. The number of thioether (sulfide) groups is 1. The largest absolute Gasteiger partial charge is 0.480 e. The minimum atomic E-state index is -0.992. The van der Waals surface area contributed by atoms with Crippen LogP contribution >= 0.6 is 35.0 Å². The molecule has 0 saturated carbocycles. The van der Waals surface area contributed by atoms with Crippen molar-refractivity contribution in [2.75, 3.05) is 13.1 Å². The number of carboxylic acid groups (broad SMARTS) is 1. The molecule has 0 spiro atoms. The molecule has 2 amide bonds. The van der Waals surface area contributed by atoms with Crippen LogP contribution in [0.2, 0.25) is 10.0 Å². The Hall–Kier alpha value is -3.01. The van der Waals surface area contributed by atoms with Crippen LogP contribution in [0.1, 0.15) is 63.6 Å². The van der Waals surface area contributed by atoms with E-state index in [1.165, 1.54) is 16.7 Å². The lowest BCUT2D eigenvalue weighted by atomic mass is 9.81. The zero-order valence-corrected chi connectivity index (χ0v) is 26.6. The Labute approximate surface area is 265 Å². The number of rotatable bonds is 6. The molecule has 1 N–H and O–H groups in total. The molecular formula is C32H34Cl2N4O4S. The van der Waals surface area contributed by atoms with Gasteiger partial charge < -0.3 is 19.8 Å². The number of carbonyl (C=O) groups excluding carboxylic acids is 2. The summed E-state index contributed by atoms with van der Waals surface area (Å²) in [6.07, 6.45) is 2.30. The lowest BCUT2D eigenvalue weighted by Gasteiger charge is -2.37. The van der Waals surface area contributed by atoms with Crippen LogP contribution in [0.15, 0.2) is 64.1 Å². The number of likely N-dealkylation sites (tertiary alicyclic amines) is 2. The topological polar surface area (TPSA) is 93.5 Å². The monoisotopic (exact) mass is 640 g/mol. The average molecular weight is 642 g/mol. The van der Waals surface area contributed by atoms with Crippen molar-refractivity contribution < 1.29 is 19.5 Å². The maximum absolute atomic E-state index is 14.3. The van der Waals surface area contributed by atoms with Crippen LogP contribution in [0.5, 0.6) is 0 Å². The van der Waals surface area contributed by atoms with E-state index in [4.69, 9.17) is 28.2 Å². The Morgan fingerprint density at radius 2 is 1.51 bits per heavy atom. The molecule has 0 radical (unpaired) electrons. The van der Waals surface area contributed by atoms with Gasteiger partial charge in [-0.25, -0.2) is 9.79 Å². The van der Waals surface area contributed by atoms with E-state index in [0.717, 1.165) is 22.0 Å². The molecule has 4 aliphatic heterocycles. The number of aliphatic carboxylic acids is 1. The van der Waals surface area contributed by atoms with Gasteiger partial charge in [0.2, 0.25) is 5.91 Å². The Morgan fingerprint density at radius 3 is 2.12 bits per heavy atom. The third kappa shape index (κ3) is 5.13. The highest BCUT2D eigenvalue weighted by Gasteiger charge is 2.54. The highest BCUT2D eigenvalue weighted by atomic mass is 35.5. The van der Waals surface area contributed by atoms with Crippen LogP contribution in [0, 0.1) is 5.92 Å². The van der Waals surface area contributed by atoms with Crippen LogP contribution in [0.4, 0.5) is 0 Å². The summed E-state index contributed by atoms with van der Waals surface area (Å²) in [6, 6.07) is 13.7. The van der Waals surface area contributed by atoms with Gasteiger partial charge in [-0.3, -0.25) is 9.59 Å². The van der Waals surface area contributed by atoms with Gasteiger partial charge in [-0.2, -0.15) is 0 Å². The molecule has 2 aromatic rings. The highest BCUT2D eigenvalue weighted by molar-refractivity contribution is 8.18. The quantitative estimate of drug-likeness (QED) is 0.398. The summed E-state index contributed by atoms with van der Waals surface area (Å²) < 4.78 is 0. The van der Waals surface area contributed by atoms with Gasteiger partial charge in [0, 0.05) is 28.8 Å². The summed E-state index contributed by atoms with van der Waals surface area (Å²) in [6.45, 7) is 7.09. The van der Waals surface area contributed by atoms with Gasteiger partial charge in [0.1, 0.15) is 22.5 Å². The second-order valence-electron chi connectivity index (χ2n) is 12.0. The van der Waals surface area contributed by atoms with Crippen LogP contribution in [-0.4, -0.2) is 67.9 Å². The van der Waals surface area contributed by atoms with Crippen LogP contribution in [0.25, 0.3) is 0 Å². The standard InChI is InChI=1S/C32H34Cl2N4O4S/c1-18(2)25-26(29(40)36-16-4-6-23(36)28(39)37-17-5-7-24(37)30(41)42)43-31-35-32(3,20-10-14-22(34)15-11-20)27(38(25)31)19-8-12-21(33)13-9-19/h8-15,18,23-24,27H,4-7,16-17H2,1-3H3,(H,41,42)/t23-,24-,27+,32-/m0/s1. The van der Waals surface area contributed by atoms with Gasteiger partial charge in [-0.05, 0) is 85.7 Å². The Balaban J connectivity index is 1.38. The van der Waals surface area contributed by atoms with Gasteiger partial charge >= 0.3 is 5.97 Å². The fourth-order valence-electron chi connectivity index (χ4n) is 6.94. The van der Waals surface area contributed by atoms with Crippen LogP contribution in [-0.2, 0) is 19.9 Å². The predicted molar refractivity (Wildman–Crippen MR) is 169 cm³/mol. The Kier molecular flexibility index (Phi) is 8.02. The summed E-state index contributed by atoms with van der Waals surface area (Å²) in [5.74, 6) is -1.48. The van der Waals surface area contributed by atoms with E-state index in [1.54, 1.807) is 4.90 Å². The van der Waals surface area contributed by atoms with E-state index in [-0.39, 0.29) is 23.8 Å². The molecule has 2 aromatic carbocycles. The number of nitrogens with zero attached hydrogens (tertiary/aromatic N) is 4. The summed E-state index contributed by atoms with van der Waals surface area (Å²) in [5.41, 5.74) is 2.20. The van der Waals surface area contributed by atoms with E-state index < -0.39 is 23.6 Å². The van der Waals surface area contributed by atoms with E-state index in [9.17, 15) is 19.5 Å². The molecule has 43 heavy (non-hydrogen) atoms. The molecule has 11 heteroatoms. The number of aliphatic imine (C=N–C) groups is 1. The minimum absolute atomic E-state index is 0.0201. The molecule has 2 fully saturated rings. The fourth-order valence-corrected chi connectivity index (χ4v) is 8.56. The number of fused-ring (bicyclic) bond motifs is 1. The normalized spacial score (nSPS) is 26.9. The van der Waals surface area contributed by atoms with Crippen molar-refractivity contribution in [1.29, 1.82) is 0 Å². The van der Waals surface area contributed by atoms with E-state index in [1.807, 2.05) is 48.5 Å². The molecule has 4 aliphatic rings. The Morgan fingerprint density at radius 1 is 0.930 bits per heavy atom. The molecule has 0 aromatic heterocycles. The summed E-state index contributed by atoms with van der Waals surface area (Å²) >= 11 is 13.9. The summed E-state index contributed by atoms with van der Waals surface area (Å²) in [5, 5.41) is 11.7. The molecule has 8 nitrogen and oxygen atoms in total. The Bertz CT molecular complexity index is 1530. The first-order valence-corrected chi connectivity index (χ1v) is 16.3. The van der Waals surface area contributed by atoms with E-state index in [2.05, 4.69) is 25.7 Å². The van der Waals surface area contributed by atoms with Gasteiger partial charge in [0.15, 0.2) is 5.17 Å². The van der Waals surface area contributed by atoms with Crippen molar-refractivity contribution in [3.05, 3.63) is 80.3 Å². The maximum Gasteiger partial charge on any atom is 0.326 e. The summed E-state index contributed by atoms with van der Waals surface area (Å²) in [4.78, 5) is 50.9. The molecule has 0 unspecified atom stereocenters. The zero-order chi connectivity index (χ0) is 30.6. The van der Waals surface area contributed by atoms with Crippen molar-refractivity contribution in [1.82, 2.24) is 14.7 Å². The number of benzene rings is 2. The number of amides is 2. The van der Waals surface area contributed by atoms with E-state index >= 15 is 0 Å². The SMILES string of the molecule is CC(C)C1=C(C(=O)N2CCC[C@H]2C(=O)N2CCC[C@H]2C(=O)O)SC2=N[C@@](C)(c3ccc(Cl)cc3)[C@@H](c3ccc(Cl)cc3)N21. The van der Waals surface area contributed by atoms with Crippen molar-refractivity contribution in [2.24, 2.45) is 10.9 Å².